The number of carbonyl (C=O) groups is 1. The van der Waals surface area contributed by atoms with Crippen molar-refractivity contribution in [3.63, 3.8) is 0 Å². The molecule has 1 aromatic heterocycles. The van der Waals surface area contributed by atoms with Crippen molar-refractivity contribution in [1.29, 1.82) is 0 Å². The van der Waals surface area contributed by atoms with Gasteiger partial charge < -0.3 is 14.2 Å². The minimum Gasteiger partial charge on any atom is -0.493 e. The molecule has 0 aliphatic carbocycles. The molecule has 0 saturated carbocycles. The molecule has 1 heterocycles. The second-order valence-corrected chi connectivity index (χ2v) is 6.44. The zero-order valence-corrected chi connectivity index (χ0v) is 16.7. The molecule has 0 N–H and O–H groups in total. The van der Waals surface area contributed by atoms with Crippen LogP contribution in [0.25, 0.3) is 10.9 Å². The van der Waals surface area contributed by atoms with Crippen molar-refractivity contribution < 1.29 is 32.7 Å². The minimum atomic E-state index is -3.21. The Morgan fingerprint density at radius 3 is 2.69 bits per heavy atom. The third-order valence-corrected chi connectivity index (χ3v) is 4.45. The van der Waals surface area contributed by atoms with Gasteiger partial charge in [-0.25, -0.2) is 4.98 Å². The summed E-state index contributed by atoms with van der Waals surface area (Å²) in [6.45, 7) is -3.73. The summed E-state index contributed by atoms with van der Waals surface area (Å²) in [5, 5.41) is 11.7. The van der Waals surface area contributed by atoms with E-state index in [1.54, 1.807) is 24.3 Å². The maximum atomic E-state index is 12.5. The number of benzene rings is 2. The number of methoxy groups -OCH3 is 1. The Morgan fingerprint density at radius 1 is 1.25 bits per heavy atom. The quantitative estimate of drug-likeness (QED) is 0.277. The fourth-order valence-electron chi connectivity index (χ4n) is 2.93. The Bertz CT molecular complexity index is 1210. The number of ether oxygens (including phenoxy) is 3. The SMILES string of the molecule is COc1cc(COC(=O)CCn2cnc3ccccc3c2=O)c([N+](=O)[O-])cc1OC(F)F. The van der Waals surface area contributed by atoms with Crippen LogP contribution in [0.15, 0.2) is 47.5 Å². The van der Waals surface area contributed by atoms with Crippen molar-refractivity contribution in [2.24, 2.45) is 0 Å². The normalized spacial score (nSPS) is 10.9. The van der Waals surface area contributed by atoms with Crippen molar-refractivity contribution in [2.75, 3.05) is 7.11 Å². The minimum absolute atomic E-state index is 0.0118. The third-order valence-electron chi connectivity index (χ3n) is 4.45. The van der Waals surface area contributed by atoms with Crippen LogP contribution in [0, 0.1) is 10.1 Å². The molecule has 0 radical (unpaired) electrons. The molecule has 12 heteroatoms. The molecule has 0 saturated heterocycles. The van der Waals surface area contributed by atoms with E-state index in [0.29, 0.717) is 10.9 Å². The summed E-state index contributed by atoms with van der Waals surface area (Å²) in [4.78, 5) is 39.2. The van der Waals surface area contributed by atoms with Crippen LogP contribution in [-0.4, -0.2) is 34.2 Å². The van der Waals surface area contributed by atoms with Gasteiger partial charge in [-0.2, -0.15) is 8.78 Å². The molecule has 168 valence electrons. The van der Waals surface area contributed by atoms with Gasteiger partial charge in [0.05, 0.1) is 47.3 Å². The first-order valence-electron chi connectivity index (χ1n) is 9.20. The monoisotopic (exact) mass is 449 g/mol. The number of rotatable bonds is 9. The van der Waals surface area contributed by atoms with Crippen LogP contribution < -0.4 is 15.0 Å². The third kappa shape index (κ3) is 5.14. The number of esters is 1. The first kappa shape index (κ1) is 22.6. The summed E-state index contributed by atoms with van der Waals surface area (Å²) in [6.07, 6.45) is 1.12. The highest BCUT2D eigenvalue weighted by atomic mass is 19.3. The number of fused-ring (bicyclic) bond motifs is 1. The number of nitro benzene ring substituents is 1. The van der Waals surface area contributed by atoms with E-state index in [2.05, 4.69) is 9.72 Å². The number of nitro groups is 1. The predicted octanol–water partition coefficient (Wildman–Crippen LogP) is 3.05. The highest BCUT2D eigenvalue weighted by Crippen LogP contribution is 2.36. The van der Waals surface area contributed by atoms with E-state index in [1.165, 1.54) is 18.0 Å². The van der Waals surface area contributed by atoms with Gasteiger partial charge in [0.25, 0.3) is 11.2 Å². The largest absolute Gasteiger partial charge is 0.493 e. The molecule has 2 aromatic carbocycles. The summed E-state index contributed by atoms with van der Waals surface area (Å²) in [5.74, 6) is -1.44. The van der Waals surface area contributed by atoms with Crippen molar-refractivity contribution in [2.45, 2.75) is 26.2 Å². The second kappa shape index (κ2) is 9.81. The molecule has 0 amide bonds. The number of aryl methyl sites for hydroxylation is 1. The molecule has 0 fully saturated rings. The number of carbonyl (C=O) groups excluding carboxylic acids is 1. The summed E-state index contributed by atoms with van der Waals surface area (Å²) >= 11 is 0. The van der Waals surface area contributed by atoms with Gasteiger partial charge in [0.2, 0.25) is 0 Å². The Hall–Kier alpha value is -4.09. The van der Waals surface area contributed by atoms with Crippen LogP contribution in [0.1, 0.15) is 12.0 Å². The van der Waals surface area contributed by atoms with E-state index in [1.807, 2.05) is 0 Å². The highest BCUT2D eigenvalue weighted by Gasteiger charge is 2.22. The van der Waals surface area contributed by atoms with Crippen LogP contribution in [0.3, 0.4) is 0 Å². The average Bonchev–Trinajstić information content (AvgIpc) is 2.77. The van der Waals surface area contributed by atoms with Crippen LogP contribution in [0.2, 0.25) is 0 Å². The molecule has 0 unspecified atom stereocenters. The van der Waals surface area contributed by atoms with Crippen LogP contribution in [0.4, 0.5) is 14.5 Å². The standard InChI is InChI=1S/C20H17F2N3O7/c1-30-16-8-12(15(25(28)29)9-17(16)32-20(21)22)10-31-18(26)6-7-24-11-23-14-5-3-2-4-13(14)19(24)27/h2-5,8-9,11,20H,6-7,10H2,1H3. The molecule has 0 aliphatic heterocycles. The van der Waals surface area contributed by atoms with Gasteiger partial charge in [-0.05, 0) is 18.2 Å². The molecule has 10 nitrogen and oxygen atoms in total. The lowest BCUT2D eigenvalue weighted by atomic mass is 10.1. The number of aromatic nitrogens is 2. The molecular weight excluding hydrogens is 432 g/mol. The first-order valence-corrected chi connectivity index (χ1v) is 9.20. The zero-order chi connectivity index (χ0) is 23.3. The van der Waals surface area contributed by atoms with Crippen LogP contribution in [-0.2, 0) is 22.7 Å². The number of halogens is 2. The van der Waals surface area contributed by atoms with Gasteiger partial charge in [-0.1, -0.05) is 12.1 Å². The molecular formula is C20H17F2N3O7. The molecule has 32 heavy (non-hydrogen) atoms. The lowest BCUT2D eigenvalue weighted by Crippen LogP contribution is -2.22. The molecule has 0 bridgehead atoms. The summed E-state index contributed by atoms with van der Waals surface area (Å²) in [7, 11) is 1.17. The number of hydrogen-bond acceptors (Lipinski definition) is 8. The summed E-state index contributed by atoms with van der Waals surface area (Å²) in [6, 6.07) is 8.61. The van der Waals surface area contributed by atoms with Gasteiger partial charge in [0.1, 0.15) is 6.61 Å². The van der Waals surface area contributed by atoms with E-state index >= 15 is 0 Å². The number of hydrogen-bond donors (Lipinski definition) is 0. The van der Waals surface area contributed by atoms with Crippen molar-refractivity contribution >= 4 is 22.6 Å². The van der Waals surface area contributed by atoms with E-state index in [-0.39, 0.29) is 29.8 Å². The van der Waals surface area contributed by atoms with Gasteiger partial charge in [-0.3, -0.25) is 24.3 Å². The van der Waals surface area contributed by atoms with Crippen molar-refractivity contribution in [3.8, 4) is 11.5 Å². The van der Waals surface area contributed by atoms with Crippen molar-refractivity contribution in [1.82, 2.24) is 9.55 Å². The van der Waals surface area contributed by atoms with Crippen molar-refractivity contribution in [3.05, 3.63) is 68.8 Å². The number of nitrogens with zero attached hydrogens (tertiary/aromatic N) is 3. The zero-order valence-electron chi connectivity index (χ0n) is 16.7. The maximum Gasteiger partial charge on any atom is 0.387 e. The smallest absolute Gasteiger partial charge is 0.387 e. The molecule has 3 aromatic rings. The summed E-state index contributed by atoms with van der Waals surface area (Å²) < 4.78 is 40.5. The molecule has 0 atom stereocenters. The summed E-state index contributed by atoms with van der Waals surface area (Å²) in [5.41, 5.74) is -0.453. The topological polar surface area (TPSA) is 123 Å². The van der Waals surface area contributed by atoms with E-state index in [4.69, 9.17) is 9.47 Å². The van der Waals surface area contributed by atoms with Gasteiger partial charge in [-0.15, -0.1) is 0 Å². The Kier molecular flexibility index (Phi) is 6.93. The average molecular weight is 449 g/mol. The highest BCUT2D eigenvalue weighted by molar-refractivity contribution is 5.77. The Balaban J connectivity index is 1.70. The number of alkyl halides is 2. The molecule has 0 aliphatic rings. The Morgan fingerprint density at radius 2 is 2.00 bits per heavy atom. The predicted molar refractivity (Wildman–Crippen MR) is 107 cm³/mol. The fourth-order valence-corrected chi connectivity index (χ4v) is 2.93. The first-order chi connectivity index (χ1) is 15.3. The maximum absolute atomic E-state index is 12.5. The Labute approximate surface area is 179 Å². The van der Waals surface area contributed by atoms with Crippen LogP contribution in [0.5, 0.6) is 11.5 Å². The lowest BCUT2D eigenvalue weighted by molar-refractivity contribution is -0.386. The molecule has 0 spiro atoms. The second-order valence-electron chi connectivity index (χ2n) is 6.44. The fraction of sp³-hybridized carbons (Fsp3) is 0.250. The van der Waals surface area contributed by atoms with E-state index in [0.717, 1.165) is 12.1 Å². The number of para-hydroxylation sites is 1. The van der Waals surface area contributed by atoms with Gasteiger partial charge in [0, 0.05) is 6.54 Å². The van der Waals surface area contributed by atoms with Crippen LogP contribution >= 0.6 is 0 Å². The van der Waals surface area contributed by atoms with Gasteiger partial charge in [0.15, 0.2) is 11.5 Å². The van der Waals surface area contributed by atoms with Gasteiger partial charge >= 0.3 is 12.6 Å². The van der Waals surface area contributed by atoms with E-state index < -0.39 is 35.5 Å². The molecule has 3 rings (SSSR count). The van der Waals surface area contributed by atoms with E-state index in [9.17, 15) is 28.5 Å². The lowest BCUT2D eigenvalue weighted by Gasteiger charge is -2.12.